The van der Waals surface area contributed by atoms with Gasteiger partial charge in [0.1, 0.15) is 0 Å². The second-order valence-corrected chi connectivity index (χ2v) is 6.70. The van der Waals surface area contributed by atoms with Gasteiger partial charge in [0.15, 0.2) is 0 Å². The molecule has 0 saturated carbocycles. The first kappa shape index (κ1) is 18.0. The van der Waals surface area contributed by atoms with Crippen LogP contribution in [0.5, 0.6) is 0 Å². The number of nitrogens with zero attached hydrogens (tertiary/aromatic N) is 2. The summed E-state index contributed by atoms with van der Waals surface area (Å²) in [5, 5.41) is 1.18. The van der Waals surface area contributed by atoms with E-state index in [-0.39, 0.29) is 0 Å². The molecule has 0 bridgehead atoms. The van der Waals surface area contributed by atoms with Gasteiger partial charge in [-0.1, -0.05) is 61.4 Å². The average molecular weight is 345 g/mol. The van der Waals surface area contributed by atoms with Crippen molar-refractivity contribution in [3.8, 4) is 0 Å². The molecule has 0 aromatic rings. The Hall–Kier alpha value is -0.0500. The van der Waals surface area contributed by atoms with Crippen LogP contribution < -0.4 is 0 Å². The van der Waals surface area contributed by atoms with Crippen molar-refractivity contribution in [1.82, 2.24) is 4.90 Å². The average Bonchev–Trinajstić information content (AvgIpc) is 2.73. The molecule has 0 aliphatic carbocycles. The zero-order chi connectivity index (χ0) is 14.5. The van der Waals surface area contributed by atoms with E-state index >= 15 is 0 Å². The van der Waals surface area contributed by atoms with Gasteiger partial charge >= 0.3 is 0 Å². The van der Waals surface area contributed by atoms with E-state index in [2.05, 4.69) is 32.7 Å². The molecule has 1 saturated heterocycles. The SMILES string of the molecule is C1CCC2=NCCCN2CC1.CCCCCCCCBr. The number of hydrogen-bond acceptors (Lipinski definition) is 2. The van der Waals surface area contributed by atoms with Gasteiger partial charge in [-0.2, -0.15) is 0 Å². The Kier molecular flexibility index (Phi) is 11.4. The first-order chi connectivity index (χ1) is 9.88. The Balaban J connectivity index is 0.000000206. The summed E-state index contributed by atoms with van der Waals surface area (Å²) in [7, 11) is 0. The maximum absolute atomic E-state index is 4.55. The topological polar surface area (TPSA) is 15.6 Å². The molecular weight excluding hydrogens is 312 g/mol. The normalized spacial score (nSPS) is 18.5. The quantitative estimate of drug-likeness (QED) is 0.464. The van der Waals surface area contributed by atoms with Gasteiger partial charge in [-0.3, -0.25) is 4.99 Å². The van der Waals surface area contributed by atoms with E-state index in [0.29, 0.717) is 0 Å². The number of halogens is 1. The van der Waals surface area contributed by atoms with Gasteiger partial charge in [0.2, 0.25) is 0 Å². The predicted octanol–water partition coefficient (Wildman–Crippen LogP) is 5.41. The van der Waals surface area contributed by atoms with E-state index in [1.165, 1.54) is 94.9 Å². The van der Waals surface area contributed by atoms with Crippen LogP contribution in [0.2, 0.25) is 0 Å². The molecule has 2 nitrogen and oxygen atoms in total. The number of hydrogen-bond donors (Lipinski definition) is 0. The summed E-state index contributed by atoms with van der Waals surface area (Å²) < 4.78 is 0. The van der Waals surface area contributed by atoms with Crippen LogP contribution in [0.3, 0.4) is 0 Å². The van der Waals surface area contributed by atoms with Crippen LogP contribution in [0.15, 0.2) is 4.99 Å². The van der Waals surface area contributed by atoms with Crippen LogP contribution in [0.25, 0.3) is 0 Å². The molecule has 0 atom stereocenters. The molecule has 0 radical (unpaired) electrons. The monoisotopic (exact) mass is 344 g/mol. The van der Waals surface area contributed by atoms with Crippen LogP contribution in [0, 0.1) is 0 Å². The van der Waals surface area contributed by atoms with Gasteiger partial charge in [-0.15, -0.1) is 0 Å². The Morgan fingerprint density at radius 1 is 0.950 bits per heavy atom. The molecule has 1 fully saturated rings. The Morgan fingerprint density at radius 2 is 1.70 bits per heavy atom. The molecule has 2 rings (SSSR count). The minimum Gasteiger partial charge on any atom is -0.360 e. The highest BCUT2D eigenvalue weighted by Crippen LogP contribution is 2.15. The highest BCUT2D eigenvalue weighted by atomic mass is 79.9. The zero-order valence-corrected chi connectivity index (χ0v) is 15.0. The Bertz CT molecular complexity index is 247. The first-order valence-corrected chi connectivity index (χ1v) is 9.85. The fourth-order valence-corrected chi connectivity index (χ4v) is 3.21. The third-order valence-electron chi connectivity index (χ3n) is 4.06. The highest BCUT2D eigenvalue weighted by molar-refractivity contribution is 9.09. The maximum Gasteiger partial charge on any atom is 0.0988 e. The first-order valence-electron chi connectivity index (χ1n) is 8.72. The lowest BCUT2D eigenvalue weighted by Crippen LogP contribution is -2.34. The molecule has 2 aliphatic rings. The van der Waals surface area contributed by atoms with E-state index in [9.17, 15) is 0 Å². The maximum atomic E-state index is 4.55. The van der Waals surface area contributed by atoms with Crippen LogP contribution in [-0.2, 0) is 0 Å². The summed E-state index contributed by atoms with van der Waals surface area (Å²) in [6, 6.07) is 0. The molecule has 0 aromatic heterocycles. The van der Waals surface area contributed by atoms with Gasteiger partial charge in [0.25, 0.3) is 0 Å². The van der Waals surface area contributed by atoms with Crippen LogP contribution >= 0.6 is 15.9 Å². The van der Waals surface area contributed by atoms with Crippen molar-refractivity contribution in [2.24, 2.45) is 4.99 Å². The number of fused-ring (bicyclic) bond motifs is 1. The standard InChI is InChI=1S/C9H16N2.C8H17Br/c1-2-5-9-10-6-4-8-11(9)7-3-1;1-2-3-4-5-6-7-8-9/h1-8H2;2-8H2,1H3. The summed E-state index contributed by atoms with van der Waals surface area (Å²) in [5.41, 5.74) is 0. The zero-order valence-electron chi connectivity index (χ0n) is 13.4. The van der Waals surface area contributed by atoms with Gasteiger partial charge in [0, 0.05) is 31.4 Å². The number of aliphatic imine (C=N–C) groups is 1. The van der Waals surface area contributed by atoms with E-state index in [4.69, 9.17) is 0 Å². The van der Waals surface area contributed by atoms with Crippen LogP contribution in [0.1, 0.15) is 77.6 Å². The molecule has 0 unspecified atom stereocenters. The van der Waals surface area contributed by atoms with Crippen molar-refractivity contribution < 1.29 is 0 Å². The lowest BCUT2D eigenvalue weighted by atomic mass is 10.1. The molecule has 0 N–H and O–H groups in total. The van der Waals surface area contributed by atoms with Crippen LogP contribution in [0.4, 0.5) is 0 Å². The fraction of sp³-hybridized carbons (Fsp3) is 0.941. The molecule has 2 aliphatic heterocycles. The van der Waals surface area contributed by atoms with Crippen molar-refractivity contribution in [1.29, 1.82) is 0 Å². The van der Waals surface area contributed by atoms with Gasteiger partial charge in [0.05, 0.1) is 5.84 Å². The second-order valence-electron chi connectivity index (χ2n) is 5.91. The summed E-state index contributed by atoms with van der Waals surface area (Å²) >= 11 is 3.42. The minimum atomic E-state index is 1.08. The smallest absolute Gasteiger partial charge is 0.0988 e. The highest BCUT2D eigenvalue weighted by Gasteiger charge is 2.16. The Labute approximate surface area is 134 Å². The summed E-state index contributed by atoms with van der Waals surface area (Å²) in [5.74, 6) is 1.40. The molecule has 0 aromatic carbocycles. The molecule has 20 heavy (non-hydrogen) atoms. The van der Waals surface area contributed by atoms with Crippen molar-refractivity contribution in [2.75, 3.05) is 25.0 Å². The van der Waals surface area contributed by atoms with Gasteiger partial charge in [-0.05, 0) is 25.7 Å². The van der Waals surface area contributed by atoms with Gasteiger partial charge in [-0.25, -0.2) is 0 Å². The lowest BCUT2D eigenvalue weighted by molar-refractivity contribution is 0.391. The van der Waals surface area contributed by atoms with Crippen LogP contribution in [-0.4, -0.2) is 35.7 Å². The summed E-state index contributed by atoms with van der Waals surface area (Å²) in [6.45, 7) is 5.86. The second kappa shape index (κ2) is 12.7. The van der Waals surface area contributed by atoms with E-state index in [1.807, 2.05) is 0 Å². The molecule has 2 heterocycles. The van der Waals surface area contributed by atoms with Crippen molar-refractivity contribution in [2.45, 2.75) is 77.6 Å². The number of rotatable bonds is 6. The number of amidine groups is 1. The van der Waals surface area contributed by atoms with Crippen molar-refractivity contribution >= 4 is 21.8 Å². The third-order valence-corrected chi connectivity index (χ3v) is 4.62. The molecule has 0 spiro atoms. The molecule has 0 amide bonds. The van der Waals surface area contributed by atoms with E-state index in [1.54, 1.807) is 0 Å². The number of alkyl halides is 1. The molecule has 118 valence electrons. The fourth-order valence-electron chi connectivity index (χ4n) is 2.81. The predicted molar refractivity (Wildman–Crippen MR) is 94.1 cm³/mol. The van der Waals surface area contributed by atoms with Gasteiger partial charge < -0.3 is 4.90 Å². The Morgan fingerprint density at radius 3 is 2.50 bits per heavy atom. The van der Waals surface area contributed by atoms with E-state index < -0.39 is 0 Å². The summed E-state index contributed by atoms with van der Waals surface area (Å²) in [4.78, 5) is 7.04. The molecule has 3 heteroatoms. The van der Waals surface area contributed by atoms with Crippen molar-refractivity contribution in [3.05, 3.63) is 0 Å². The minimum absolute atomic E-state index is 1.08. The lowest BCUT2D eigenvalue weighted by Gasteiger charge is -2.27. The largest absolute Gasteiger partial charge is 0.360 e. The van der Waals surface area contributed by atoms with Crippen molar-refractivity contribution in [3.63, 3.8) is 0 Å². The summed E-state index contributed by atoms with van der Waals surface area (Å²) in [6.07, 6.45) is 15.0. The third kappa shape index (κ3) is 8.28. The molecular formula is C17H33BrN2. The van der Waals surface area contributed by atoms with E-state index in [0.717, 1.165) is 6.54 Å². The number of unbranched alkanes of at least 4 members (excludes halogenated alkanes) is 5.